The Morgan fingerprint density at radius 1 is 1.00 bits per heavy atom. The molecule has 0 aliphatic carbocycles. The number of anilines is 1. The van der Waals surface area contributed by atoms with Gasteiger partial charge < -0.3 is 15.8 Å². The van der Waals surface area contributed by atoms with E-state index < -0.39 is 5.91 Å². The van der Waals surface area contributed by atoms with E-state index in [4.69, 9.17) is 10.5 Å². The molecule has 6 nitrogen and oxygen atoms in total. The molecule has 6 heteroatoms. The fourth-order valence-electron chi connectivity index (χ4n) is 2.35. The van der Waals surface area contributed by atoms with E-state index in [0.29, 0.717) is 23.4 Å². The minimum absolute atomic E-state index is 0.0343. The molecule has 0 saturated heterocycles. The lowest BCUT2D eigenvalue weighted by atomic mass is 10.1. The zero-order valence-corrected chi connectivity index (χ0v) is 14.0. The topological polar surface area (TPSA) is 98.5 Å². The van der Waals surface area contributed by atoms with E-state index >= 15 is 0 Å². The monoisotopic (exact) mass is 340 g/mol. The quantitative estimate of drug-likeness (QED) is 0.722. The molecule has 130 valence electrons. The van der Waals surface area contributed by atoms with Crippen molar-refractivity contribution < 1.29 is 19.1 Å². The summed E-state index contributed by atoms with van der Waals surface area (Å²) in [6.45, 7) is 0. The fraction of sp³-hybridized carbons (Fsp3) is 0.211. The summed E-state index contributed by atoms with van der Waals surface area (Å²) >= 11 is 0. The van der Waals surface area contributed by atoms with Crippen LogP contribution in [0.3, 0.4) is 0 Å². The molecule has 0 fully saturated rings. The van der Waals surface area contributed by atoms with Crippen LogP contribution in [0.5, 0.6) is 5.75 Å². The van der Waals surface area contributed by atoms with Crippen LogP contribution in [0.15, 0.2) is 48.5 Å². The first kappa shape index (κ1) is 18.2. The summed E-state index contributed by atoms with van der Waals surface area (Å²) in [5, 5.41) is 2.65. The van der Waals surface area contributed by atoms with Gasteiger partial charge >= 0.3 is 0 Å². The van der Waals surface area contributed by atoms with Crippen LogP contribution in [0.4, 0.5) is 5.69 Å². The predicted octanol–water partition coefficient (Wildman–Crippen LogP) is 2.79. The van der Waals surface area contributed by atoms with Crippen molar-refractivity contribution in [3.05, 3.63) is 59.7 Å². The molecule has 0 radical (unpaired) electrons. The van der Waals surface area contributed by atoms with Crippen molar-refractivity contribution in [2.45, 2.75) is 19.3 Å². The molecule has 0 heterocycles. The smallest absolute Gasteiger partial charge is 0.250 e. The number of ether oxygens (including phenoxy) is 1. The van der Waals surface area contributed by atoms with Crippen molar-refractivity contribution in [3.63, 3.8) is 0 Å². The van der Waals surface area contributed by atoms with Gasteiger partial charge in [0, 0.05) is 18.4 Å². The second kappa shape index (κ2) is 8.63. The highest BCUT2D eigenvalue weighted by Gasteiger charge is 2.11. The Morgan fingerprint density at radius 2 is 1.68 bits per heavy atom. The molecule has 2 amide bonds. The van der Waals surface area contributed by atoms with Gasteiger partial charge in [0.2, 0.25) is 5.91 Å². The largest absolute Gasteiger partial charge is 0.497 e. The highest BCUT2D eigenvalue weighted by Crippen LogP contribution is 2.16. The van der Waals surface area contributed by atoms with Crippen molar-refractivity contribution in [2.75, 3.05) is 12.4 Å². The third-order valence-corrected chi connectivity index (χ3v) is 3.69. The summed E-state index contributed by atoms with van der Waals surface area (Å²) in [5.41, 5.74) is 6.49. The van der Waals surface area contributed by atoms with Crippen LogP contribution in [-0.4, -0.2) is 24.7 Å². The number of para-hydroxylation sites is 1. The van der Waals surface area contributed by atoms with Crippen molar-refractivity contribution >= 4 is 23.3 Å². The normalized spacial score (nSPS) is 10.1. The Kier molecular flexibility index (Phi) is 6.28. The number of nitrogens with one attached hydrogen (secondary N) is 1. The van der Waals surface area contributed by atoms with Gasteiger partial charge in [0.05, 0.1) is 18.4 Å². The van der Waals surface area contributed by atoms with Crippen molar-refractivity contribution in [2.24, 2.45) is 5.73 Å². The number of methoxy groups -OCH3 is 1. The number of nitrogens with two attached hydrogens (primary N) is 1. The van der Waals surface area contributed by atoms with E-state index in [1.165, 1.54) is 0 Å². The molecule has 0 spiro atoms. The molecule has 2 rings (SSSR count). The molecule has 2 aromatic carbocycles. The molecule has 0 aromatic heterocycles. The molecule has 2 aromatic rings. The van der Waals surface area contributed by atoms with Gasteiger partial charge in [-0.1, -0.05) is 12.1 Å². The second-order valence-corrected chi connectivity index (χ2v) is 5.46. The van der Waals surface area contributed by atoms with E-state index in [9.17, 15) is 14.4 Å². The van der Waals surface area contributed by atoms with Gasteiger partial charge in [-0.05, 0) is 42.8 Å². The zero-order valence-electron chi connectivity index (χ0n) is 14.0. The number of carbonyl (C=O) groups is 3. The summed E-state index contributed by atoms with van der Waals surface area (Å²) < 4.78 is 5.05. The van der Waals surface area contributed by atoms with Crippen LogP contribution < -0.4 is 15.8 Å². The molecule has 0 atom stereocenters. The first-order valence-electron chi connectivity index (χ1n) is 7.87. The van der Waals surface area contributed by atoms with Crippen LogP contribution in [-0.2, 0) is 4.79 Å². The molecule has 0 aliphatic rings. The number of hydrogen-bond donors (Lipinski definition) is 2. The summed E-state index contributed by atoms with van der Waals surface area (Å²) in [5.74, 6) is -0.223. The summed E-state index contributed by atoms with van der Waals surface area (Å²) in [6.07, 6.45) is 0.849. The lowest BCUT2D eigenvalue weighted by Crippen LogP contribution is -2.18. The number of amides is 2. The second-order valence-electron chi connectivity index (χ2n) is 5.46. The number of hydrogen-bond acceptors (Lipinski definition) is 4. The maximum absolute atomic E-state index is 12.1. The van der Waals surface area contributed by atoms with Gasteiger partial charge in [0.15, 0.2) is 5.78 Å². The molecule has 3 N–H and O–H groups in total. The number of carbonyl (C=O) groups excluding carboxylic acids is 3. The molecular weight excluding hydrogens is 320 g/mol. The average Bonchev–Trinajstić information content (AvgIpc) is 2.62. The number of Topliss-reactive ketones (excluding diaryl/α,β-unsaturated/α-hetero) is 1. The van der Waals surface area contributed by atoms with Crippen LogP contribution >= 0.6 is 0 Å². The first-order valence-corrected chi connectivity index (χ1v) is 7.87. The highest BCUT2D eigenvalue weighted by molar-refractivity contribution is 6.03. The molecule has 0 aliphatic heterocycles. The van der Waals surface area contributed by atoms with Crippen molar-refractivity contribution in [1.82, 2.24) is 0 Å². The number of rotatable bonds is 8. The zero-order chi connectivity index (χ0) is 18.2. The van der Waals surface area contributed by atoms with Gasteiger partial charge in [0.25, 0.3) is 5.91 Å². The van der Waals surface area contributed by atoms with E-state index in [-0.39, 0.29) is 30.1 Å². The predicted molar refractivity (Wildman–Crippen MR) is 94.8 cm³/mol. The maximum atomic E-state index is 12.1. The highest BCUT2D eigenvalue weighted by atomic mass is 16.5. The fourth-order valence-corrected chi connectivity index (χ4v) is 2.35. The molecule has 25 heavy (non-hydrogen) atoms. The SMILES string of the molecule is COc1ccc(C(=O)CCCC(=O)Nc2ccccc2C(N)=O)cc1. The van der Waals surface area contributed by atoms with E-state index in [1.807, 2.05) is 0 Å². The Morgan fingerprint density at radius 3 is 2.32 bits per heavy atom. The minimum Gasteiger partial charge on any atom is -0.497 e. The maximum Gasteiger partial charge on any atom is 0.250 e. The van der Waals surface area contributed by atoms with Crippen LogP contribution in [0.25, 0.3) is 0 Å². The Hall–Kier alpha value is -3.15. The number of ketones is 1. The molecule has 0 bridgehead atoms. The average molecular weight is 340 g/mol. The molecular formula is C19H20N2O4. The van der Waals surface area contributed by atoms with Gasteiger partial charge in [-0.15, -0.1) is 0 Å². The third-order valence-electron chi connectivity index (χ3n) is 3.69. The van der Waals surface area contributed by atoms with E-state index in [1.54, 1.807) is 55.6 Å². The molecule has 0 unspecified atom stereocenters. The van der Waals surface area contributed by atoms with Gasteiger partial charge in [0.1, 0.15) is 5.75 Å². The lowest BCUT2D eigenvalue weighted by molar-refractivity contribution is -0.116. The minimum atomic E-state index is -0.606. The standard InChI is InChI=1S/C19H20N2O4/c1-25-14-11-9-13(10-12-14)17(22)7-4-8-18(23)21-16-6-3-2-5-15(16)19(20)24/h2-3,5-6,9-12H,4,7-8H2,1H3,(H2,20,24)(H,21,23). The van der Waals surface area contributed by atoms with Gasteiger partial charge in [-0.25, -0.2) is 0 Å². The summed E-state index contributed by atoms with van der Waals surface area (Å²) in [6, 6.07) is 13.4. The van der Waals surface area contributed by atoms with E-state index in [0.717, 1.165) is 0 Å². The number of primary amides is 1. The third kappa shape index (κ3) is 5.17. The number of benzene rings is 2. The Balaban J connectivity index is 1.84. The lowest BCUT2D eigenvalue weighted by Gasteiger charge is -2.08. The van der Waals surface area contributed by atoms with Crippen LogP contribution in [0.2, 0.25) is 0 Å². The summed E-state index contributed by atoms with van der Waals surface area (Å²) in [7, 11) is 1.56. The molecule has 0 saturated carbocycles. The van der Waals surface area contributed by atoms with Gasteiger partial charge in [-0.2, -0.15) is 0 Å². The van der Waals surface area contributed by atoms with E-state index in [2.05, 4.69) is 5.32 Å². The Labute approximate surface area is 146 Å². The summed E-state index contributed by atoms with van der Waals surface area (Å²) in [4.78, 5) is 35.4. The first-order chi connectivity index (χ1) is 12.0. The Bertz CT molecular complexity index is 769. The van der Waals surface area contributed by atoms with Gasteiger partial charge in [-0.3, -0.25) is 14.4 Å². The van der Waals surface area contributed by atoms with Crippen LogP contribution in [0, 0.1) is 0 Å². The van der Waals surface area contributed by atoms with Crippen LogP contribution in [0.1, 0.15) is 40.0 Å². The van der Waals surface area contributed by atoms with Crippen molar-refractivity contribution in [1.29, 1.82) is 0 Å². The van der Waals surface area contributed by atoms with Crippen molar-refractivity contribution in [3.8, 4) is 5.75 Å².